The van der Waals surface area contributed by atoms with Crippen molar-refractivity contribution in [2.24, 2.45) is 5.10 Å². The SMILES string of the molecule is COc1ccc(C(=O)N/N=C/c2cccc(OCc3cccc(Cl)c3)c2)cc1OC. The summed E-state index contributed by atoms with van der Waals surface area (Å²) >= 11 is 5.99. The molecular weight excluding hydrogens is 404 g/mol. The normalized spacial score (nSPS) is 10.6. The molecule has 0 bridgehead atoms. The van der Waals surface area contributed by atoms with E-state index in [0.717, 1.165) is 11.1 Å². The van der Waals surface area contributed by atoms with Crippen LogP contribution in [0.5, 0.6) is 17.2 Å². The lowest BCUT2D eigenvalue weighted by molar-refractivity contribution is 0.0954. The fourth-order valence-corrected chi connectivity index (χ4v) is 2.90. The fourth-order valence-electron chi connectivity index (χ4n) is 2.69. The molecular formula is C23H21ClN2O4. The van der Waals surface area contributed by atoms with Gasteiger partial charge in [-0.15, -0.1) is 0 Å². The molecule has 0 spiro atoms. The van der Waals surface area contributed by atoms with E-state index in [1.165, 1.54) is 14.2 Å². The molecule has 3 aromatic rings. The molecule has 3 aromatic carbocycles. The predicted molar refractivity (Wildman–Crippen MR) is 117 cm³/mol. The lowest BCUT2D eigenvalue weighted by Crippen LogP contribution is -2.17. The number of nitrogens with zero attached hydrogens (tertiary/aromatic N) is 1. The maximum absolute atomic E-state index is 12.3. The second-order valence-corrected chi connectivity index (χ2v) is 6.70. The van der Waals surface area contributed by atoms with Gasteiger partial charge in [0.2, 0.25) is 0 Å². The summed E-state index contributed by atoms with van der Waals surface area (Å²) in [5.41, 5.74) is 4.66. The fraction of sp³-hybridized carbons (Fsp3) is 0.130. The van der Waals surface area contributed by atoms with Crippen molar-refractivity contribution in [2.75, 3.05) is 14.2 Å². The molecule has 0 unspecified atom stereocenters. The highest BCUT2D eigenvalue weighted by atomic mass is 35.5. The summed E-state index contributed by atoms with van der Waals surface area (Å²) in [5, 5.41) is 4.69. The second-order valence-electron chi connectivity index (χ2n) is 6.26. The molecule has 0 saturated carbocycles. The number of hydrogen-bond acceptors (Lipinski definition) is 5. The van der Waals surface area contributed by atoms with Crippen LogP contribution in [0.4, 0.5) is 0 Å². The van der Waals surface area contributed by atoms with E-state index in [9.17, 15) is 4.79 Å². The van der Waals surface area contributed by atoms with Gasteiger partial charge >= 0.3 is 0 Å². The van der Waals surface area contributed by atoms with E-state index in [1.807, 2.05) is 48.5 Å². The third-order valence-electron chi connectivity index (χ3n) is 4.18. The van der Waals surface area contributed by atoms with Crippen molar-refractivity contribution in [3.63, 3.8) is 0 Å². The highest BCUT2D eigenvalue weighted by Crippen LogP contribution is 2.27. The highest BCUT2D eigenvalue weighted by Gasteiger charge is 2.10. The zero-order valence-electron chi connectivity index (χ0n) is 16.6. The third-order valence-corrected chi connectivity index (χ3v) is 4.41. The zero-order chi connectivity index (χ0) is 21.3. The van der Waals surface area contributed by atoms with Crippen LogP contribution in [-0.2, 0) is 6.61 Å². The number of benzene rings is 3. The Kier molecular flexibility index (Phi) is 7.29. The van der Waals surface area contributed by atoms with Gasteiger partial charge in [-0.1, -0.05) is 35.9 Å². The van der Waals surface area contributed by atoms with E-state index < -0.39 is 0 Å². The van der Waals surface area contributed by atoms with Gasteiger partial charge in [-0.2, -0.15) is 5.10 Å². The number of hydrazone groups is 1. The van der Waals surface area contributed by atoms with Gasteiger partial charge in [-0.3, -0.25) is 4.79 Å². The number of rotatable bonds is 8. The van der Waals surface area contributed by atoms with E-state index in [4.69, 9.17) is 25.8 Å². The minimum Gasteiger partial charge on any atom is -0.493 e. The van der Waals surface area contributed by atoms with Gasteiger partial charge in [0.05, 0.1) is 20.4 Å². The monoisotopic (exact) mass is 424 g/mol. The summed E-state index contributed by atoms with van der Waals surface area (Å²) in [4.78, 5) is 12.3. The Morgan fingerprint density at radius 1 is 1.00 bits per heavy atom. The molecule has 30 heavy (non-hydrogen) atoms. The molecule has 0 aliphatic heterocycles. The molecule has 0 aliphatic rings. The summed E-state index contributed by atoms with van der Waals surface area (Å²) in [5.74, 6) is 1.34. The number of carbonyl (C=O) groups is 1. The van der Waals surface area contributed by atoms with Crippen LogP contribution in [0.1, 0.15) is 21.5 Å². The minimum absolute atomic E-state index is 0.361. The van der Waals surface area contributed by atoms with Gasteiger partial charge in [-0.25, -0.2) is 5.43 Å². The molecule has 6 nitrogen and oxygen atoms in total. The van der Waals surface area contributed by atoms with E-state index >= 15 is 0 Å². The van der Waals surface area contributed by atoms with Crippen molar-refractivity contribution in [1.29, 1.82) is 0 Å². The molecule has 1 N–H and O–H groups in total. The predicted octanol–water partition coefficient (Wildman–Crippen LogP) is 4.70. The van der Waals surface area contributed by atoms with Gasteiger partial charge < -0.3 is 14.2 Å². The van der Waals surface area contributed by atoms with Gasteiger partial charge in [0, 0.05) is 10.6 Å². The van der Waals surface area contributed by atoms with Crippen molar-refractivity contribution in [2.45, 2.75) is 6.61 Å². The van der Waals surface area contributed by atoms with Crippen LogP contribution in [0.2, 0.25) is 5.02 Å². The highest BCUT2D eigenvalue weighted by molar-refractivity contribution is 6.30. The molecule has 0 saturated heterocycles. The maximum atomic E-state index is 12.3. The Bertz CT molecular complexity index is 1050. The van der Waals surface area contributed by atoms with Crippen molar-refractivity contribution >= 4 is 23.7 Å². The summed E-state index contributed by atoms with van der Waals surface area (Å²) in [7, 11) is 3.05. The number of carbonyl (C=O) groups excluding carboxylic acids is 1. The first-order valence-electron chi connectivity index (χ1n) is 9.12. The van der Waals surface area contributed by atoms with Crippen molar-refractivity contribution in [1.82, 2.24) is 5.43 Å². The molecule has 0 aromatic heterocycles. The molecule has 0 radical (unpaired) electrons. The topological polar surface area (TPSA) is 69.2 Å². The van der Waals surface area contributed by atoms with Gasteiger partial charge in [-0.05, 0) is 53.6 Å². The number of methoxy groups -OCH3 is 2. The first-order chi connectivity index (χ1) is 14.6. The summed E-state index contributed by atoms with van der Waals surface area (Å²) in [6.45, 7) is 0.400. The summed E-state index contributed by atoms with van der Waals surface area (Å²) in [6.07, 6.45) is 1.55. The van der Waals surface area contributed by atoms with Crippen LogP contribution in [-0.4, -0.2) is 26.3 Å². The Hall–Kier alpha value is -3.51. The number of halogens is 1. The van der Waals surface area contributed by atoms with E-state index in [1.54, 1.807) is 24.4 Å². The van der Waals surface area contributed by atoms with E-state index in [-0.39, 0.29) is 5.91 Å². The number of nitrogens with one attached hydrogen (secondary N) is 1. The summed E-state index contributed by atoms with van der Waals surface area (Å²) in [6, 6.07) is 19.8. The molecule has 1 amide bonds. The van der Waals surface area contributed by atoms with E-state index in [2.05, 4.69) is 10.5 Å². The molecule has 7 heteroatoms. The zero-order valence-corrected chi connectivity index (χ0v) is 17.3. The first-order valence-corrected chi connectivity index (χ1v) is 9.49. The van der Waals surface area contributed by atoms with Crippen molar-refractivity contribution < 1.29 is 19.0 Å². The second kappa shape index (κ2) is 10.3. The average molecular weight is 425 g/mol. The van der Waals surface area contributed by atoms with Crippen molar-refractivity contribution in [3.8, 4) is 17.2 Å². The lowest BCUT2D eigenvalue weighted by Gasteiger charge is -2.08. The van der Waals surface area contributed by atoms with Gasteiger partial charge in [0.25, 0.3) is 5.91 Å². The quantitative estimate of drug-likeness (QED) is 0.420. The van der Waals surface area contributed by atoms with Crippen LogP contribution >= 0.6 is 11.6 Å². The third kappa shape index (κ3) is 5.75. The Morgan fingerprint density at radius 2 is 1.80 bits per heavy atom. The largest absolute Gasteiger partial charge is 0.493 e. The average Bonchev–Trinajstić information content (AvgIpc) is 2.77. The molecule has 3 rings (SSSR count). The smallest absolute Gasteiger partial charge is 0.271 e. The van der Waals surface area contributed by atoms with Crippen LogP contribution in [0, 0.1) is 0 Å². The van der Waals surface area contributed by atoms with Crippen LogP contribution in [0.25, 0.3) is 0 Å². The van der Waals surface area contributed by atoms with Crippen LogP contribution in [0.15, 0.2) is 71.8 Å². The number of amides is 1. The maximum Gasteiger partial charge on any atom is 0.271 e. The number of ether oxygens (including phenoxy) is 3. The van der Waals surface area contributed by atoms with Crippen LogP contribution in [0.3, 0.4) is 0 Å². The first kappa shape index (κ1) is 21.2. The Morgan fingerprint density at radius 3 is 2.57 bits per heavy atom. The molecule has 0 aliphatic carbocycles. The molecule has 0 fully saturated rings. The Labute approximate surface area is 180 Å². The van der Waals surface area contributed by atoms with E-state index in [0.29, 0.717) is 34.4 Å². The van der Waals surface area contributed by atoms with Crippen molar-refractivity contribution in [3.05, 3.63) is 88.4 Å². The molecule has 0 atom stereocenters. The summed E-state index contributed by atoms with van der Waals surface area (Å²) < 4.78 is 16.2. The van der Waals surface area contributed by atoms with Crippen LogP contribution < -0.4 is 19.6 Å². The minimum atomic E-state index is -0.361. The lowest BCUT2D eigenvalue weighted by atomic mass is 10.2. The number of hydrogen-bond donors (Lipinski definition) is 1. The standard InChI is InChI=1S/C23H21ClN2O4/c1-28-21-10-9-18(13-22(21)29-2)23(27)26-25-14-16-5-4-8-20(12-16)30-15-17-6-3-7-19(24)11-17/h3-14H,15H2,1-2H3,(H,26,27)/b25-14+. The Balaban J connectivity index is 1.59. The van der Waals surface area contributed by atoms with Gasteiger partial charge in [0.15, 0.2) is 11.5 Å². The molecule has 0 heterocycles. The van der Waals surface area contributed by atoms with Gasteiger partial charge in [0.1, 0.15) is 12.4 Å². The molecule has 154 valence electrons.